The van der Waals surface area contributed by atoms with Gasteiger partial charge in [-0.05, 0) is 12.3 Å². The summed E-state index contributed by atoms with van der Waals surface area (Å²) in [6.07, 6.45) is 0.660. The highest BCUT2D eigenvalue weighted by atomic mass is 16.5. The van der Waals surface area contributed by atoms with Crippen LogP contribution in [-0.4, -0.2) is 55.4 Å². The maximum Gasteiger partial charge on any atom is 0.239 e. The number of rotatable bonds is 8. The summed E-state index contributed by atoms with van der Waals surface area (Å²) in [6.45, 7) is 5.25. The van der Waals surface area contributed by atoms with Crippen LogP contribution < -0.4 is 5.73 Å². The molecule has 1 atom stereocenters. The molecular weight excluding hydrogens is 208 g/mol. The van der Waals surface area contributed by atoms with Gasteiger partial charge in [-0.1, -0.05) is 13.8 Å². The molecule has 0 fully saturated rings. The van der Waals surface area contributed by atoms with E-state index in [0.717, 1.165) is 0 Å². The molecule has 5 nitrogen and oxygen atoms in total. The van der Waals surface area contributed by atoms with Crippen molar-refractivity contribution in [1.29, 1.82) is 0 Å². The predicted molar refractivity (Wildman–Crippen MR) is 63.0 cm³/mol. The van der Waals surface area contributed by atoms with E-state index >= 15 is 0 Å². The van der Waals surface area contributed by atoms with Crippen molar-refractivity contribution in [3.05, 3.63) is 0 Å². The van der Waals surface area contributed by atoms with Crippen LogP contribution in [0.3, 0.4) is 0 Å². The molecule has 0 saturated heterocycles. The van der Waals surface area contributed by atoms with Crippen molar-refractivity contribution in [3.63, 3.8) is 0 Å². The topological polar surface area (TPSA) is 75.8 Å². The summed E-state index contributed by atoms with van der Waals surface area (Å²) in [4.78, 5) is 13.5. The number of aliphatic hydroxyl groups is 1. The largest absolute Gasteiger partial charge is 0.395 e. The van der Waals surface area contributed by atoms with E-state index in [1.807, 2.05) is 13.8 Å². The fourth-order valence-corrected chi connectivity index (χ4v) is 1.50. The normalized spacial score (nSPS) is 12.9. The van der Waals surface area contributed by atoms with E-state index in [1.165, 1.54) is 0 Å². The Hall–Kier alpha value is -0.650. The first-order valence-electron chi connectivity index (χ1n) is 5.67. The second kappa shape index (κ2) is 8.50. The molecule has 0 heterocycles. The second-order valence-electron chi connectivity index (χ2n) is 4.28. The fraction of sp³-hybridized carbons (Fsp3) is 0.909. The Bertz CT molecular complexity index is 198. The minimum Gasteiger partial charge on any atom is -0.395 e. The third-order valence-electron chi connectivity index (χ3n) is 2.29. The summed E-state index contributed by atoms with van der Waals surface area (Å²) >= 11 is 0. The molecule has 0 aliphatic rings. The molecular formula is C11H24N2O3. The molecule has 0 aliphatic carbocycles. The lowest BCUT2D eigenvalue weighted by molar-refractivity contribution is -0.134. The second-order valence-corrected chi connectivity index (χ2v) is 4.28. The van der Waals surface area contributed by atoms with E-state index < -0.39 is 6.04 Å². The van der Waals surface area contributed by atoms with Gasteiger partial charge in [-0.3, -0.25) is 4.79 Å². The molecule has 5 heteroatoms. The van der Waals surface area contributed by atoms with Crippen molar-refractivity contribution in [3.8, 4) is 0 Å². The first-order valence-corrected chi connectivity index (χ1v) is 5.67. The molecule has 0 rings (SSSR count). The molecule has 3 N–H and O–H groups in total. The zero-order valence-electron chi connectivity index (χ0n) is 10.5. The average Bonchev–Trinajstić information content (AvgIpc) is 2.22. The van der Waals surface area contributed by atoms with Gasteiger partial charge in [0, 0.05) is 20.2 Å². The Morgan fingerprint density at radius 1 is 1.44 bits per heavy atom. The maximum absolute atomic E-state index is 11.9. The zero-order valence-corrected chi connectivity index (χ0v) is 10.5. The third-order valence-corrected chi connectivity index (χ3v) is 2.29. The lowest BCUT2D eigenvalue weighted by atomic mass is 10.0. The maximum atomic E-state index is 11.9. The highest BCUT2D eigenvalue weighted by Gasteiger charge is 2.20. The van der Waals surface area contributed by atoms with Crippen molar-refractivity contribution in [1.82, 2.24) is 4.90 Å². The van der Waals surface area contributed by atoms with E-state index in [9.17, 15) is 4.79 Å². The van der Waals surface area contributed by atoms with E-state index in [2.05, 4.69) is 0 Å². The summed E-state index contributed by atoms with van der Waals surface area (Å²) in [5.74, 6) is 0.275. The van der Waals surface area contributed by atoms with Crippen molar-refractivity contribution in [2.24, 2.45) is 11.7 Å². The van der Waals surface area contributed by atoms with Crippen LogP contribution in [0.4, 0.5) is 0 Å². The lowest BCUT2D eigenvalue weighted by Crippen LogP contribution is -2.46. The van der Waals surface area contributed by atoms with Crippen LogP contribution in [0.2, 0.25) is 0 Å². The van der Waals surface area contributed by atoms with Crippen LogP contribution in [0.25, 0.3) is 0 Å². The van der Waals surface area contributed by atoms with Crippen molar-refractivity contribution < 1.29 is 14.6 Å². The summed E-state index contributed by atoms with van der Waals surface area (Å²) in [5, 5.41) is 8.87. The fourth-order valence-electron chi connectivity index (χ4n) is 1.50. The Balaban J connectivity index is 4.23. The number of nitrogens with zero attached hydrogens (tertiary/aromatic N) is 1. The molecule has 0 aromatic heterocycles. The van der Waals surface area contributed by atoms with E-state index in [4.69, 9.17) is 15.6 Å². The summed E-state index contributed by atoms with van der Waals surface area (Å²) < 4.78 is 4.91. The van der Waals surface area contributed by atoms with Crippen molar-refractivity contribution in [2.75, 3.05) is 33.4 Å². The SMILES string of the molecule is COCCN(CCO)C(=O)C(N)CC(C)C. The minimum absolute atomic E-state index is 0.0517. The Labute approximate surface area is 97.6 Å². The molecule has 0 aromatic carbocycles. The highest BCUT2D eigenvalue weighted by Crippen LogP contribution is 2.05. The van der Waals surface area contributed by atoms with Crippen LogP contribution in [0.15, 0.2) is 0 Å². The summed E-state index contributed by atoms with van der Waals surface area (Å²) in [5.41, 5.74) is 5.81. The molecule has 0 saturated carbocycles. The molecule has 1 unspecified atom stereocenters. The smallest absolute Gasteiger partial charge is 0.239 e. The first kappa shape index (κ1) is 15.3. The minimum atomic E-state index is -0.483. The standard InChI is InChI=1S/C11H24N2O3/c1-9(2)8-10(12)11(15)13(4-6-14)5-7-16-3/h9-10,14H,4-8,12H2,1-3H3. The Kier molecular flexibility index (Phi) is 8.15. The van der Waals surface area contributed by atoms with Crippen LogP contribution >= 0.6 is 0 Å². The van der Waals surface area contributed by atoms with Crippen LogP contribution in [0.5, 0.6) is 0 Å². The van der Waals surface area contributed by atoms with E-state index in [1.54, 1.807) is 12.0 Å². The molecule has 0 bridgehead atoms. The molecule has 1 amide bonds. The number of carbonyl (C=O) groups is 1. The van der Waals surface area contributed by atoms with Crippen LogP contribution in [0.1, 0.15) is 20.3 Å². The van der Waals surface area contributed by atoms with Gasteiger partial charge < -0.3 is 20.5 Å². The van der Waals surface area contributed by atoms with Gasteiger partial charge in [-0.15, -0.1) is 0 Å². The van der Waals surface area contributed by atoms with Gasteiger partial charge in [0.15, 0.2) is 0 Å². The molecule has 0 aliphatic heterocycles. The van der Waals surface area contributed by atoms with Gasteiger partial charge in [0.2, 0.25) is 5.91 Å². The molecule has 96 valence electrons. The van der Waals surface area contributed by atoms with E-state index in [-0.39, 0.29) is 12.5 Å². The third kappa shape index (κ3) is 6.05. The quantitative estimate of drug-likeness (QED) is 0.609. The number of ether oxygens (including phenoxy) is 1. The number of hydrogen-bond acceptors (Lipinski definition) is 4. The number of aliphatic hydroxyl groups excluding tert-OH is 1. The van der Waals surface area contributed by atoms with Gasteiger partial charge in [0.25, 0.3) is 0 Å². The zero-order chi connectivity index (χ0) is 12.6. The first-order chi connectivity index (χ1) is 7.52. The number of amides is 1. The van der Waals surface area contributed by atoms with Gasteiger partial charge in [0.1, 0.15) is 0 Å². The molecule has 0 radical (unpaired) electrons. The van der Waals surface area contributed by atoms with Crippen LogP contribution in [-0.2, 0) is 9.53 Å². The number of hydrogen-bond donors (Lipinski definition) is 2. The molecule has 0 aromatic rings. The highest BCUT2D eigenvalue weighted by molar-refractivity contribution is 5.81. The Morgan fingerprint density at radius 2 is 2.06 bits per heavy atom. The van der Waals surface area contributed by atoms with Crippen LogP contribution in [0, 0.1) is 5.92 Å². The van der Waals surface area contributed by atoms with Crippen molar-refractivity contribution >= 4 is 5.91 Å². The number of carbonyl (C=O) groups excluding carboxylic acids is 1. The van der Waals surface area contributed by atoms with Gasteiger partial charge in [-0.2, -0.15) is 0 Å². The number of nitrogens with two attached hydrogens (primary N) is 1. The average molecular weight is 232 g/mol. The summed E-state index contributed by atoms with van der Waals surface area (Å²) in [6, 6.07) is -0.483. The lowest BCUT2D eigenvalue weighted by Gasteiger charge is -2.25. The van der Waals surface area contributed by atoms with Gasteiger partial charge in [-0.25, -0.2) is 0 Å². The van der Waals surface area contributed by atoms with Gasteiger partial charge in [0.05, 0.1) is 19.3 Å². The summed E-state index contributed by atoms with van der Waals surface area (Å²) in [7, 11) is 1.58. The number of methoxy groups -OCH3 is 1. The molecule has 16 heavy (non-hydrogen) atoms. The molecule has 0 spiro atoms. The Morgan fingerprint density at radius 3 is 2.50 bits per heavy atom. The van der Waals surface area contributed by atoms with Crippen molar-refractivity contribution in [2.45, 2.75) is 26.3 Å². The predicted octanol–water partition coefficient (Wildman–Crippen LogP) is -0.173. The van der Waals surface area contributed by atoms with Gasteiger partial charge >= 0.3 is 0 Å². The monoisotopic (exact) mass is 232 g/mol. The van der Waals surface area contributed by atoms with E-state index in [0.29, 0.717) is 32.0 Å².